The Hall–Kier alpha value is -2.10. The molecule has 4 nitrogen and oxygen atoms in total. The quantitative estimate of drug-likeness (QED) is 0.922. The van der Waals surface area contributed by atoms with Gasteiger partial charge < -0.3 is 4.90 Å². The van der Waals surface area contributed by atoms with E-state index in [0.29, 0.717) is 12.3 Å². The van der Waals surface area contributed by atoms with Crippen molar-refractivity contribution >= 4 is 5.91 Å². The van der Waals surface area contributed by atoms with Gasteiger partial charge in [0.15, 0.2) is 0 Å². The van der Waals surface area contributed by atoms with Gasteiger partial charge in [0.25, 0.3) is 0 Å². The Morgan fingerprint density at radius 2 is 2.13 bits per heavy atom. The number of aromatic amines is 1. The van der Waals surface area contributed by atoms with Gasteiger partial charge in [0.1, 0.15) is 0 Å². The Balaban J connectivity index is 1.56. The predicted molar refractivity (Wildman–Crippen MR) is 91.5 cm³/mol. The Morgan fingerprint density at radius 3 is 2.87 bits per heavy atom. The molecule has 0 saturated heterocycles. The van der Waals surface area contributed by atoms with Gasteiger partial charge in [-0.05, 0) is 55.7 Å². The molecule has 1 heterocycles. The van der Waals surface area contributed by atoms with Crippen molar-refractivity contribution in [3.8, 4) is 0 Å². The number of H-pyrrole nitrogens is 1. The van der Waals surface area contributed by atoms with Crippen LogP contribution in [0.1, 0.15) is 46.8 Å². The normalized spacial score (nSPS) is 16.4. The van der Waals surface area contributed by atoms with Crippen molar-refractivity contribution in [1.29, 1.82) is 0 Å². The SMILES string of the molecule is Cc1n[nH]c(C)c1CCN(C)C(=O)C[C@H]1CCc2ccccc21. The number of benzene rings is 1. The number of hydrogen-bond donors (Lipinski definition) is 1. The van der Waals surface area contributed by atoms with Gasteiger partial charge in [-0.2, -0.15) is 5.10 Å². The van der Waals surface area contributed by atoms with Crippen LogP contribution in [0.15, 0.2) is 24.3 Å². The van der Waals surface area contributed by atoms with Gasteiger partial charge in [-0.1, -0.05) is 24.3 Å². The fourth-order valence-electron chi connectivity index (χ4n) is 3.57. The summed E-state index contributed by atoms with van der Waals surface area (Å²) in [6, 6.07) is 8.53. The summed E-state index contributed by atoms with van der Waals surface area (Å²) in [5.41, 5.74) is 6.16. The van der Waals surface area contributed by atoms with Crippen molar-refractivity contribution in [2.75, 3.05) is 13.6 Å². The molecule has 0 unspecified atom stereocenters. The van der Waals surface area contributed by atoms with E-state index in [2.05, 4.69) is 34.5 Å². The van der Waals surface area contributed by atoms with Crippen molar-refractivity contribution in [2.24, 2.45) is 0 Å². The Kier molecular flexibility index (Phi) is 4.51. The van der Waals surface area contributed by atoms with Gasteiger partial charge in [0.2, 0.25) is 5.91 Å². The first-order chi connectivity index (χ1) is 11.1. The summed E-state index contributed by atoms with van der Waals surface area (Å²) in [5.74, 6) is 0.629. The standard InChI is InChI=1S/C19H25N3O/c1-13-17(14(2)21-20-13)10-11-22(3)19(23)12-16-9-8-15-6-4-5-7-18(15)16/h4-7,16H,8-12H2,1-3H3,(H,20,21)/t16-/m1/s1. The molecule has 1 N–H and O–H groups in total. The van der Waals surface area contributed by atoms with E-state index in [1.165, 1.54) is 16.7 Å². The molecule has 3 rings (SSSR count). The molecule has 1 atom stereocenters. The smallest absolute Gasteiger partial charge is 0.222 e. The lowest BCUT2D eigenvalue weighted by atomic mass is 9.97. The van der Waals surface area contributed by atoms with E-state index >= 15 is 0 Å². The van der Waals surface area contributed by atoms with Crippen molar-refractivity contribution in [1.82, 2.24) is 15.1 Å². The highest BCUT2D eigenvalue weighted by atomic mass is 16.2. The van der Waals surface area contributed by atoms with Crippen LogP contribution in [0.25, 0.3) is 0 Å². The average Bonchev–Trinajstić information content (AvgIpc) is 3.09. The zero-order valence-corrected chi connectivity index (χ0v) is 14.2. The number of nitrogens with zero attached hydrogens (tertiary/aromatic N) is 2. The van der Waals surface area contributed by atoms with E-state index in [-0.39, 0.29) is 5.91 Å². The Labute approximate surface area is 137 Å². The van der Waals surface area contributed by atoms with Crippen molar-refractivity contribution in [2.45, 2.75) is 45.4 Å². The highest BCUT2D eigenvalue weighted by Gasteiger charge is 2.25. The molecule has 4 heteroatoms. The zero-order valence-electron chi connectivity index (χ0n) is 14.2. The number of aryl methyl sites for hydroxylation is 3. The lowest BCUT2D eigenvalue weighted by Gasteiger charge is -2.20. The van der Waals surface area contributed by atoms with Crippen molar-refractivity contribution < 1.29 is 4.79 Å². The molecule has 23 heavy (non-hydrogen) atoms. The predicted octanol–water partition coefficient (Wildman–Crippen LogP) is 3.15. The molecule has 1 aromatic heterocycles. The summed E-state index contributed by atoms with van der Waals surface area (Å²) in [4.78, 5) is 14.4. The second-order valence-corrected chi connectivity index (χ2v) is 6.62. The molecule has 1 aromatic carbocycles. The maximum absolute atomic E-state index is 12.5. The van der Waals surface area contributed by atoms with Crippen LogP contribution in [0.5, 0.6) is 0 Å². The first kappa shape index (κ1) is 15.8. The lowest BCUT2D eigenvalue weighted by molar-refractivity contribution is -0.130. The maximum Gasteiger partial charge on any atom is 0.222 e. The van der Waals surface area contributed by atoms with Crippen LogP contribution < -0.4 is 0 Å². The number of carbonyl (C=O) groups is 1. The van der Waals surface area contributed by atoms with Gasteiger partial charge in [-0.15, -0.1) is 0 Å². The number of hydrogen-bond acceptors (Lipinski definition) is 2. The summed E-state index contributed by atoms with van der Waals surface area (Å²) in [6.45, 7) is 4.79. The first-order valence-corrected chi connectivity index (χ1v) is 8.38. The molecule has 0 spiro atoms. The summed E-state index contributed by atoms with van der Waals surface area (Å²) in [5, 5.41) is 7.22. The van der Waals surface area contributed by atoms with Crippen LogP contribution in [-0.4, -0.2) is 34.6 Å². The number of fused-ring (bicyclic) bond motifs is 1. The van der Waals surface area contributed by atoms with E-state index in [1.807, 2.05) is 25.8 Å². The number of aromatic nitrogens is 2. The highest BCUT2D eigenvalue weighted by Crippen LogP contribution is 2.35. The van der Waals surface area contributed by atoms with Crippen molar-refractivity contribution in [3.63, 3.8) is 0 Å². The molecular formula is C19H25N3O. The number of rotatable bonds is 5. The summed E-state index contributed by atoms with van der Waals surface area (Å²) < 4.78 is 0. The van der Waals surface area contributed by atoms with Crippen LogP contribution in [0.4, 0.5) is 0 Å². The molecular weight excluding hydrogens is 286 g/mol. The largest absolute Gasteiger partial charge is 0.345 e. The van der Waals surface area contributed by atoms with Gasteiger partial charge in [-0.25, -0.2) is 0 Å². The van der Waals surface area contributed by atoms with Gasteiger partial charge >= 0.3 is 0 Å². The molecule has 2 aromatic rings. The number of carbonyl (C=O) groups excluding carboxylic acids is 1. The second kappa shape index (κ2) is 6.57. The zero-order chi connectivity index (χ0) is 16.4. The van der Waals surface area contributed by atoms with E-state index in [0.717, 1.165) is 37.2 Å². The van der Waals surface area contributed by atoms with Crippen LogP contribution in [-0.2, 0) is 17.6 Å². The first-order valence-electron chi connectivity index (χ1n) is 8.38. The number of likely N-dealkylation sites (N-methyl/N-ethyl adjacent to an activating group) is 1. The van der Waals surface area contributed by atoms with Crippen molar-refractivity contribution in [3.05, 3.63) is 52.3 Å². The average molecular weight is 311 g/mol. The topological polar surface area (TPSA) is 49.0 Å². The summed E-state index contributed by atoms with van der Waals surface area (Å²) in [6.07, 6.45) is 3.68. The lowest BCUT2D eigenvalue weighted by Crippen LogP contribution is -2.30. The van der Waals surface area contributed by atoms with Gasteiger partial charge in [0, 0.05) is 25.7 Å². The van der Waals surface area contributed by atoms with Crippen LogP contribution in [0.3, 0.4) is 0 Å². The fraction of sp³-hybridized carbons (Fsp3) is 0.474. The summed E-state index contributed by atoms with van der Waals surface area (Å²) in [7, 11) is 1.91. The highest BCUT2D eigenvalue weighted by molar-refractivity contribution is 5.77. The molecule has 0 radical (unpaired) electrons. The third-order valence-corrected chi connectivity index (χ3v) is 5.08. The molecule has 0 saturated carbocycles. The molecule has 1 aliphatic carbocycles. The molecule has 0 bridgehead atoms. The minimum Gasteiger partial charge on any atom is -0.345 e. The maximum atomic E-state index is 12.5. The monoisotopic (exact) mass is 311 g/mol. The Morgan fingerprint density at radius 1 is 1.35 bits per heavy atom. The Bertz CT molecular complexity index is 685. The molecule has 0 fully saturated rings. The van der Waals surface area contributed by atoms with E-state index in [4.69, 9.17) is 0 Å². The molecule has 1 aliphatic rings. The summed E-state index contributed by atoms with van der Waals surface area (Å²) >= 11 is 0. The number of nitrogens with one attached hydrogen (secondary N) is 1. The second-order valence-electron chi connectivity index (χ2n) is 6.62. The molecule has 1 amide bonds. The van der Waals surface area contributed by atoms with E-state index < -0.39 is 0 Å². The van der Waals surface area contributed by atoms with Crippen LogP contribution >= 0.6 is 0 Å². The fourth-order valence-corrected chi connectivity index (χ4v) is 3.57. The van der Waals surface area contributed by atoms with Gasteiger partial charge in [-0.3, -0.25) is 9.89 Å². The van der Waals surface area contributed by atoms with Gasteiger partial charge in [0.05, 0.1) is 5.69 Å². The third kappa shape index (κ3) is 3.31. The van der Waals surface area contributed by atoms with E-state index in [1.54, 1.807) is 0 Å². The molecule has 0 aliphatic heterocycles. The molecule has 122 valence electrons. The minimum atomic E-state index is 0.241. The minimum absolute atomic E-state index is 0.241. The third-order valence-electron chi connectivity index (χ3n) is 5.08. The number of amides is 1. The van der Waals surface area contributed by atoms with Crippen LogP contribution in [0.2, 0.25) is 0 Å². The van der Waals surface area contributed by atoms with Crippen LogP contribution in [0, 0.1) is 13.8 Å². The van der Waals surface area contributed by atoms with E-state index in [9.17, 15) is 4.79 Å².